The Labute approximate surface area is 83.0 Å². The molecule has 14 heavy (non-hydrogen) atoms. The van der Waals surface area contributed by atoms with E-state index in [1.807, 2.05) is 0 Å². The Morgan fingerprint density at radius 1 is 1.71 bits per heavy atom. The van der Waals surface area contributed by atoms with Gasteiger partial charge in [0.25, 0.3) is 0 Å². The molecule has 0 spiro atoms. The standard InChI is InChI=1S/C10H13NO3/c1-2-3-4-5-9(12)11-8-6-7-14-10(8)13/h1,8H,3-7H2,(H,11,12)/t8-/m0/s1. The molecule has 1 aliphatic heterocycles. The van der Waals surface area contributed by atoms with Crippen LogP contribution < -0.4 is 5.32 Å². The summed E-state index contributed by atoms with van der Waals surface area (Å²) in [6, 6.07) is -0.451. The van der Waals surface area contributed by atoms with Crippen LogP contribution in [0, 0.1) is 12.3 Å². The van der Waals surface area contributed by atoms with Gasteiger partial charge in [0.05, 0.1) is 6.61 Å². The van der Waals surface area contributed by atoms with Crippen molar-refractivity contribution in [3.8, 4) is 12.3 Å². The first-order chi connectivity index (χ1) is 6.74. The molecule has 0 bridgehead atoms. The van der Waals surface area contributed by atoms with Crippen LogP contribution in [0.4, 0.5) is 0 Å². The zero-order valence-electron chi connectivity index (χ0n) is 7.91. The van der Waals surface area contributed by atoms with Crippen LogP contribution in [0.1, 0.15) is 25.7 Å². The molecule has 1 fully saturated rings. The van der Waals surface area contributed by atoms with E-state index in [1.54, 1.807) is 0 Å². The molecule has 1 N–H and O–H groups in total. The van der Waals surface area contributed by atoms with Crippen molar-refractivity contribution >= 4 is 11.9 Å². The van der Waals surface area contributed by atoms with Crippen molar-refractivity contribution in [2.75, 3.05) is 6.61 Å². The molecule has 0 aromatic carbocycles. The normalized spacial score (nSPS) is 19.9. The van der Waals surface area contributed by atoms with Crippen molar-refractivity contribution in [3.05, 3.63) is 0 Å². The Morgan fingerprint density at radius 2 is 2.50 bits per heavy atom. The van der Waals surface area contributed by atoms with Crippen LogP contribution in [0.25, 0.3) is 0 Å². The number of carbonyl (C=O) groups excluding carboxylic acids is 2. The van der Waals surface area contributed by atoms with Gasteiger partial charge >= 0.3 is 5.97 Å². The average molecular weight is 195 g/mol. The zero-order chi connectivity index (χ0) is 10.4. The third-order valence-corrected chi connectivity index (χ3v) is 2.00. The van der Waals surface area contributed by atoms with Gasteiger partial charge < -0.3 is 10.1 Å². The first kappa shape index (κ1) is 10.6. The van der Waals surface area contributed by atoms with E-state index in [4.69, 9.17) is 11.2 Å². The summed E-state index contributed by atoms with van der Waals surface area (Å²) in [5.41, 5.74) is 0. The van der Waals surface area contributed by atoms with Gasteiger partial charge in [0, 0.05) is 19.3 Å². The van der Waals surface area contributed by atoms with E-state index >= 15 is 0 Å². The lowest BCUT2D eigenvalue weighted by Crippen LogP contribution is -2.37. The summed E-state index contributed by atoms with van der Waals surface area (Å²) >= 11 is 0. The topological polar surface area (TPSA) is 55.4 Å². The van der Waals surface area contributed by atoms with Gasteiger partial charge in [0.1, 0.15) is 6.04 Å². The highest BCUT2D eigenvalue weighted by molar-refractivity contribution is 5.85. The lowest BCUT2D eigenvalue weighted by Gasteiger charge is -2.07. The van der Waals surface area contributed by atoms with E-state index in [2.05, 4.69) is 11.2 Å². The number of amides is 1. The minimum Gasteiger partial charge on any atom is -0.464 e. The third-order valence-electron chi connectivity index (χ3n) is 2.00. The second-order valence-corrected chi connectivity index (χ2v) is 3.13. The number of carbonyl (C=O) groups is 2. The molecule has 0 saturated carbocycles. The van der Waals surface area contributed by atoms with Crippen molar-refractivity contribution in [1.82, 2.24) is 5.32 Å². The molecule has 0 aromatic rings. The highest BCUT2D eigenvalue weighted by Gasteiger charge is 2.27. The van der Waals surface area contributed by atoms with Gasteiger partial charge in [-0.2, -0.15) is 0 Å². The molecular formula is C10H13NO3. The first-order valence-corrected chi connectivity index (χ1v) is 4.63. The molecule has 0 aromatic heterocycles. The molecule has 0 radical (unpaired) electrons. The maximum Gasteiger partial charge on any atom is 0.328 e. The smallest absolute Gasteiger partial charge is 0.328 e. The van der Waals surface area contributed by atoms with E-state index in [0.717, 1.165) is 0 Å². The quantitative estimate of drug-likeness (QED) is 0.396. The predicted molar refractivity (Wildman–Crippen MR) is 50.2 cm³/mol. The van der Waals surface area contributed by atoms with Crippen molar-refractivity contribution in [1.29, 1.82) is 0 Å². The van der Waals surface area contributed by atoms with E-state index in [9.17, 15) is 9.59 Å². The summed E-state index contributed by atoms with van der Waals surface area (Å²) in [6.07, 6.45) is 7.23. The summed E-state index contributed by atoms with van der Waals surface area (Å²) < 4.78 is 4.71. The van der Waals surface area contributed by atoms with E-state index in [-0.39, 0.29) is 11.9 Å². The van der Waals surface area contributed by atoms with Gasteiger partial charge in [-0.15, -0.1) is 12.3 Å². The SMILES string of the molecule is C#CCCCC(=O)N[C@H]1CCOC1=O. The maximum absolute atomic E-state index is 11.2. The minimum atomic E-state index is -0.451. The molecule has 1 atom stereocenters. The van der Waals surface area contributed by atoms with Crippen LogP contribution in [-0.2, 0) is 14.3 Å². The van der Waals surface area contributed by atoms with Gasteiger partial charge in [0.2, 0.25) is 5.91 Å². The molecule has 1 aliphatic rings. The van der Waals surface area contributed by atoms with Crippen LogP contribution in [0.5, 0.6) is 0 Å². The summed E-state index contributed by atoms with van der Waals surface area (Å²) in [5, 5.41) is 2.61. The number of ether oxygens (including phenoxy) is 1. The molecule has 76 valence electrons. The average Bonchev–Trinajstić information content (AvgIpc) is 2.52. The summed E-state index contributed by atoms with van der Waals surface area (Å²) in [7, 11) is 0. The Hall–Kier alpha value is -1.50. The number of cyclic esters (lactones) is 1. The fourth-order valence-corrected chi connectivity index (χ4v) is 1.24. The van der Waals surface area contributed by atoms with E-state index in [1.165, 1.54) is 0 Å². The minimum absolute atomic E-state index is 0.135. The number of rotatable bonds is 4. The van der Waals surface area contributed by atoms with Crippen molar-refractivity contribution in [2.24, 2.45) is 0 Å². The number of hydrogen-bond donors (Lipinski definition) is 1. The van der Waals surface area contributed by atoms with Crippen LogP contribution in [0.2, 0.25) is 0 Å². The van der Waals surface area contributed by atoms with Crippen LogP contribution >= 0.6 is 0 Å². The van der Waals surface area contributed by atoms with Gasteiger partial charge in [-0.3, -0.25) is 4.79 Å². The first-order valence-electron chi connectivity index (χ1n) is 4.63. The van der Waals surface area contributed by atoms with Crippen molar-refractivity contribution < 1.29 is 14.3 Å². The van der Waals surface area contributed by atoms with Crippen molar-refractivity contribution in [2.45, 2.75) is 31.7 Å². The van der Waals surface area contributed by atoms with Gasteiger partial charge in [-0.25, -0.2) is 4.79 Å². The highest BCUT2D eigenvalue weighted by Crippen LogP contribution is 2.06. The van der Waals surface area contributed by atoms with E-state index in [0.29, 0.717) is 32.3 Å². The molecular weight excluding hydrogens is 182 g/mol. The largest absolute Gasteiger partial charge is 0.464 e. The predicted octanol–water partition coefficient (Wildman–Crippen LogP) is 0.222. The molecule has 0 unspecified atom stereocenters. The number of hydrogen-bond acceptors (Lipinski definition) is 3. The Bertz CT molecular complexity index is 267. The van der Waals surface area contributed by atoms with Crippen LogP contribution in [0.3, 0.4) is 0 Å². The Morgan fingerprint density at radius 3 is 3.07 bits per heavy atom. The molecule has 1 saturated heterocycles. The molecule has 1 heterocycles. The monoisotopic (exact) mass is 195 g/mol. The number of nitrogens with one attached hydrogen (secondary N) is 1. The fraction of sp³-hybridized carbons (Fsp3) is 0.600. The number of unbranched alkanes of at least 4 members (excludes halogenated alkanes) is 1. The molecule has 1 amide bonds. The molecule has 0 aliphatic carbocycles. The lowest BCUT2D eigenvalue weighted by molar-refractivity contribution is -0.141. The second kappa shape index (κ2) is 5.28. The lowest BCUT2D eigenvalue weighted by atomic mass is 10.2. The van der Waals surface area contributed by atoms with E-state index < -0.39 is 6.04 Å². The molecule has 4 nitrogen and oxygen atoms in total. The number of esters is 1. The number of terminal acetylenes is 1. The summed E-state index contributed by atoms with van der Waals surface area (Å²) in [6.45, 7) is 0.397. The van der Waals surface area contributed by atoms with Gasteiger partial charge in [0.15, 0.2) is 0 Å². The summed E-state index contributed by atoms with van der Waals surface area (Å²) in [4.78, 5) is 22.2. The highest BCUT2D eigenvalue weighted by atomic mass is 16.5. The van der Waals surface area contributed by atoms with Gasteiger partial charge in [-0.1, -0.05) is 0 Å². The second-order valence-electron chi connectivity index (χ2n) is 3.13. The van der Waals surface area contributed by atoms with Crippen LogP contribution in [-0.4, -0.2) is 24.5 Å². The molecule has 1 rings (SSSR count). The Balaban J connectivity index is 2.20. The maximum atomic E-state index is 11.2. The van der Waals surface area contributed by atoms with Crippen LogP contribution in [0.15, 0.2) is 0 Å². The third kappa shape index (κ3) is 3.09. The zero-order valence-corrected chi connectivity index (χ0v) is 7.91. The Kier molecular flexibility index (Phi) is 3.99. The van der Waals surface area contributed by atoms with Crippen molar-refractivity contribution in [3.63, 3.8) is 0 Å². The summed E-state index contributed by atoms with van der Waals surface area (Å²) in [5.74, 6) is 1.98. The van der Waals surface area contributed by atoms with Gasteiger partial charge in [-0.05, 0) is 6.42 Å². The fourth-order valence-electron chi connectivity index (χ4n) is 1.24. The molecule has 4 heteroatoms.